The Morgan fingerprint density at radius 3 is 2.25 bits per heavy atom. The van der Waals surface area contributed by atoms with Crippen LogP contribution in [0.4, 0.5) is 11.4 Å². The fraction of sp³-hybridized carbons (Fsp3) is 0.684. The Balaban J connectivity index is 1.94. The van der Waals surface area contributed by atoms with E-state index in [9.17, 15) is 0 Å². The van der Waals surface area contributed by atoms with Crippen molar-refractivity contribution in [3.63, 3.8) is 0 Å². The van der Waals surface area contributed by atoms with Gasteiger partial charge in [0, 0.05) is 45.8 Å². The van der Waals surface area contributed by atoms with Gasteiger partial charge in [-0.3, -0.25) is 0 Å². The number of nitrogens with one attached hydrogen (secondary N) is 4. The molecular weight excluding hydrogens is 298 g/mol. The zero-order chi connectivity index (χ0) is 17.0. The van der Waals surface area contributed by atoms with E-state index in [-0.39, 0.29) is 0 Å². The van der Waals surface area contributed by atoms with Crippen molar-refractivity contribution in [2.24, 2.45) is 0 Å². The van der Waals surface area contributed by atoms with Crippen LogP contribution in [0.2, 0.25) is 0 Å². The summed E-state index contributed by atoms with van der Waals surface area (Å²) >= 11 is 0. The monoisotopic (exact) mass is 333 g/mol. The van der Waals surface area contributed by atoms with Crippen LogP contribution >= 0.6 is 0 Å². The van der Waals surface area contributed by atoms with Gasteiger partial charge in [-0.2, -0.15) is 0 Å². The number of nitrogens with zero attached hydrogens (tertiary/aromatic N) is 1. The average molecular weight is 334 g/mol. The van der Waals surface area contributed by atoms with Crippen LogP contribution in [0.5, 0.6) is 0 Å². The van der Waals surface area contributed by atoms with Crippen molar-refractivity contribution in [2.45, 2.75) is 32.2 Å². The molecule has 0 spiro atoms. The molecule has 0 radical (unpaired) electrons. The van der Waals surface area contributed by atoms with Crippen molar-refractivity contribution < 1.29 is 0 Å². The molecule has 24 heavy (non-hydrogen) atoms. The highest BCUT2D eigenvalue weighted by Gasteiger charge is 2.13. The van der Waals surface area contributed by atoms with Crippen LogP contribution in [0.1, 0.15) is 26.2 Å². The number of para-hydroxylation sites is 2. The molecule has 1 aliphatic rings. The summed E-state index contributed by atoms with van der Waals surface area (Å²) in [4.78, 5) is 2.40. The first-order valence-corrected chi connectivity index (χ1v) is 9.47. The molecule has 5 heteroatoms. The molecule has 4 N–H and O–H groups in total. The number of benzene rings is 1. The maximum atomic E-state index is 3.62. The molecule has 0 aliphatic carbocycles. The topological polar surface area (TPSA) is 51.4 Å². The van der Waals surface area contributed by atoms with Gasteiger partial charge in [-0.05, 0) is 51.4 Å². The van der Waals surface area contributed by atoms with Crippen LogP contribution in [0.25, 0.3) is 0 Å². The van der Waals surface area contributed by atoms with Crippen LogP contribution in [0.15, 0.2) is 24.3 Å². The highest BCUT2D eigenvalue weighted by Crippen LogP contribution is 2.26. The summed E-state index contributed by atoms with van der Waals surface area (Å²) in [7, 11) is 2.20. The second kappa shape index (κ2) is 11.3. The van der Waals surface area contributed by atoms with Gasteiger partial charge >= 0.3 is 0 Å². The van der Waals surface area contributed by atoms with Crippen molar-refractivity contribution in [3.05, 3.63) is 24.3 Å². The predicted molar refractivity (Wildman–Crippen MR) is 105 cm³/mol. The van der Waals surface area contributed by atoms with E-state index < -0.39 is 0 Å². The summed E-state index contributed by atoms with van der Waals surface area (Å²) in [5, 5.41) is 14.1. The predicted octanol–water partition coefficient (Wildman–Crippen LogP) is 1.88. The van der Waals surface area contributed by atoms with Gasteiger partial charge in [-0.1, -0.05) is 12.1 Å². The Morgan fingerprint density at radius 2 is 1.46 bits per heavy atom. The van der Waals surface area contributed by atoms with Crippen molar-refractivity contribution in [2.75, 3.05) is 63.1 Å². The van der Waals surface area contributed by atoms with Crippen molar-refractivity contribution in [1.29, 1.82) is 0 Å². The summed E-state index contributed by atoms with van der Waals surface area (Å²) in [6.07, 6.45) is 3.55. The van der Waals surface area contributed by atoms with Crippen molar-refractivity contribution in [1.82, 2.24) is 16.0 Å². The number of hydrogen-bond donors (Lipinski definition) is 4. The Hall–Kier alpha value is -1.30. The maximum absolute atomic E-state index is 3.62. The van der Waals surface area contributed by atoms with E-state index in [1.54, 1.807) is 0 Å². The molecule has 1 aliphatic heterocycles. The Labute approximate surface area is 147 Å². The van der Waals surface area contributed by atoms with E-state index in [4.69, 9.17) is 0 Å². The molecule has 0 fully saturated rings. The third kappa shape index (κ3) is 6.67. The molecule has 1 atom stereocenters. The van der Waals surface area contributed by atoms with Gasteiger partial charge in [0.2, 0.25) is 0 Å². The maximum Gasteiger partial charge on any atom is 0.0601 e. The van der Waals surface area contributed by atoms with Crippen molar-refractivity contribution >= 4 is 11.4 Å². The van der Waals surface area contributed by atoms with Crippen LogP contribution in [0.3, 0.4) is 0 Å². The molecule has 1 aromatic rings. The minimum absolute atomic E-state index is 0.511. The Bertz CT molecular complexity index is 451. The zero-order valence-electron chi connectivity index (χ0n) is 15.4. The van der Waals surface area contributed by atoms with Crippen LogP contribution in [-0.2, 0) is 0 Å². The molecule has 0 bridgehead atoms. The van der Waals surface area contributed by atoms with E-state index >= 15 is 0 Å². The fourth-order valence-electron chi connectivity index (χ4n) is 3.00. The van der Waals surface area contributed by atoms with Gasteiger partial charge in [-0.25, -0.2) is 0 Å². The van der Waals surface area contributed by atoms with Gasteiger partial charge < -0.3 is 26.2 Å². The largest absolute Gasteiger partial charge is 0.383 e. The Morgan fingerprint density at radius 1 is 0.833 bits per heavy atom. The highest BCUT2D eigenvalue weighted by molar-refractivity contribution is 5.70. The first-order valence-electron chi connectivity index (χ1n) is 9.47. The third-order valence-electron chi connectivity index (χ3n) is 4.74. The lowest BCUT2D eigenvalue weighted by atomic mass is 10.1. The summed E-state index contributed by atoms with van der Waals surface area (Å²) < 4.78 is 0. The first kappa shape index (κ1) is 19.0. The summed E-state index contributed by atoms with van der Waals surface area (Å²) in [6, 6.07) is 9.17. The second-order valence-electron chi connectivity index (χ2n) is 6.65. The van der Waals surface area contributed by atoms with E-state index in [0.717, 1.165) is 52.2 Å². The quantitative estimate of drug-likeness (QED) is 0.584. The van der Waals surface area contributed by atoms with E-state index in [0.29, 0.717) is 6.04 Å². The van der Waals surface area contributed by atoms with Crippen LogP contribution in [-0.4, -0.2) is 58.9 Å². The SMILES string of the molecule is CC1CCNCCNCCNCCCCNc2ccccc2N1C. The summed E-state index contributed by atoms with van der Waals surface area (Å²) in [5.74, 6) is 0. The molecular formula is C19H35N5. The lowest BCUT2D eigenvalue weighted by molar-refractivity contribution is 0.542. The minimum Gasteiger partial charge on any atom is -0.383 e. The minimum atomic E-state index is 0.511. The van der Waals surface area contributed by atoms with Crippen LogP contribution in [0, 0.1) is 0 Å². The molecule has 0 aromatic heterocycles. The fourth-order valence-corrected chi connectivity index (χ4v) is 3.00. The van der Waals surface area contributed by atoms with Gasteiger partial charge in [0.25, 0.3) is 0 Å². The molecule has 136 valence electrons. The number of fused-ring (bicyclic) bond motifs is 1. The molecule has 1 heterocycles. The van der Waals surface area contributed by atoms with Gasteiger partial charge in [-0.15, -0.1) is 0 Å². The van der Waals surface area contributed by atoms with E-state index in [1.807, 2.05) is 0 Å². The Kier molecular flexibility index (Phi) is 8.95. The standard InChI is InChI=1S/C19H35N5/c1-17-9-12-21-14-16-22-15-13-20-10-5-6-11-23-18-7-3-4-8-19(18)24(17)2/h3-4,7-8,17,20-23H,5-6,9-16H2,1-2H3. The number of hydrogen-bond acceptors (Lipinski definition) is 5. The normalized spacial score (nSPS) is 22.8. The van der Waals surface area contributed by atoms with Gasteiger partial charge in [0.15, 0.2) is 0 Å². The molecule has 2 rings (SSSR count). The molecule has 1 aromatic carbocycles. The smallest absolute Gasteiger partial charge is 0.0601 e. The molecule has 1 unspecified atom stereocenters. The van der Waals surface area contributed by atoms with Crippen molar-refractivity contribution in [3.8, 4) is 0 Å². The van der Waals surface area contributed by atoms with E-state index in [2.05, 4.69) is 64.4 Å². The van der Waals surface area contributed by atoms with E-state index in [1.165, 1.54) is 24.2 Å². The second-order valence-corrected chi connectivity index (χ2v) is 6.65. The first-order chi connectivity index (χ1) is 11.8. The third-order valence-corrected chi connectivity index (χ3v) is 4.74. The summed E-state index contributed by atoms with van der Waals surface area (Å²) in [5.41, 5.74) is 2.55. The highest BCUT2D eigenvalue weighted by atomic mass is 15.1. The lowest BCUT2D eigenvalue weighted by Crippen LogP contribution is -2.36. The number of anilines is 2. The lowest BCUT2D eigenvalue weighted by Gasteiger charge is -2.29. The molecule has 5 nitrogen and oxygen atoms in total. The van der Waals surface area contributed by atoms with Gasteiger partial charge in [0.1, 0.15) is 0 Å². The number of rotatable bonds is 0. The molecule has 0 saturated heterocycles. The van der Waals surface area contributed by atoms with Gasteiger partial charge in [0.05, 0.1) is 11.4 Å². The molecule has 0 saturated carbocycles. The van der Waals surface area contributed by atoms with Crippen LogP contribution < -0.4 is 26.2 Å². The average Bonchev–Trinajstić information content (AvgIpc) is 2.61. The molecule has 0 amide bonds. The summed E-state index contributed by atoms with van der Waals surface area (Å²) in [6.45, 7) is 9.67. The zero-order valence-corrected chi connectivity index (χ0v) is 15.4.